The average molecular weight is 242 g/mol. The SMILES string of the molecule is CCOc1cccc2c(N)c3c(nc12)CCCC3. The summed E-state index contributed by atoms with van der Waals surface area (Å²) in [6.45, 7) is 2.64. The van der Waals surface area contributed by atoms with Gasteiger partial charge in [0, 0.05) is 16.8 Å². The van der Waals surface area contributed by atoms with Gasteiger partial charge in [0.2, 0.25) is 0 Å². The number of hydrogen-bond donors (Lipinski definition) is 1. The molecule has 0 spiro atoms. The molecule has 0 radical (unpaired) electrons. The maximum absolute atomic E-state index is 6.31. The van der Waals surface area contributed by atoms with Gasteiger partial charge in [-0.25, -0.2) is 4.98 Å². The Balaban J connectivity index is 2.27. The molecule has 1 aromatic carbocycles. The molecule has 1 aromatic heterocycles. The Morgan fingerprint density at radius 1 is 1.28 bits per heavy atom. The molecule has 0 unspecified atom stereocenters. The minimum atomic E-state index is 0.651. The van der Waals surface area contributed by atoms with Gasteiger partial charge in [-0.05, 0) is 44.2 Å². The molecule has 3 rings (SSSR count). The van der Waals surface area contributed by atoms with Crippen LogP contribution in [-0.4, -0.2) is 11.6 Å². The van der Waals surface area contributed by atoms with Crippen molar-refractivity contribution < 1.29 is 4.74 Å². The molecule has 0 atom stereocenters. The third-order valence-electron chi connectivity index (χ3n) is 3.60. The van der Waals surface area contributed by atoms with Crippen LogP contribution in [0.3, 0.4) is 0 Å². The van der Waals surface area contributed by atoms with E-state index in [9.17, 15) is 0 Å². The zero-order valence-electron chi connectivity index (χ0n) is 10.7. The summed E-state index contributed by atoms with van der Waals surface area (Å²) in [5, 5.41) is 1.03. The molecular weight excluding hydrogens is 224 g/mol. The first-order chi connectivity index (χ1) is 8.81. The largest absolute Gasteiger partial charge is 0.492 e. The number of hydrogen-bond acceptors (Lipinski definition) is 3. The van der Waals surface area contributed by atoms with E-state index in [2.05, 4.69) is 0 Å². The Morgan fingerprint density at radius 2 is 2.11 bits per heavy atom. The van der Waals surface area contributed by atoms with Crippen LogP contribution in [0.25, 0.3) is 10.9 Å². The standard InChI is InChI=1S/C15H18N2O/c1-2-18-13-9-5-7-11-14(16)10-6-3-4-8-12(10)17-15(11)13/h5,7,9H,2-4,6,8H2,1H3,(H2,16,17). The third kappa shape index (κ3) is 1.70. The highest BCUT2D eigenvalue weighted by atomic mass is 16.5. The first kappa shape index (κ1) is 11.3. The lowest BCUT2D eigenvalue weighted by Gasteiger charge is -2.19. The van der Waals surface area contributed by atoms with Crippen molar-refractivity contribution in [3.63, 3.8) is 0 Å². The van der Waals surface area contributed by atoms with Crippen LogP contribution in [0.4, 0.5) is 5.69 Å². The van der Waals surface area contributed by atoms with Crippen LogP contribution in [-0.2, 0) is 12.8 Å². The second kappa shape index (κ2) is 4.48. The Labute approximate surface area is 107 Å². The topological polar surface area (TPSA) is 48.1 Å². The second-order valence-corrected chi connectivity index (χ2v) is 4.74. The highest BCUT2D eigenvalue weighted by Crippen LogP contribution is 2.34. The quantitative estimate of drug-likeness (QED) is 0.880. The van der Waals surface area contributed by atoms with Gasteiger partial charge in [-0.15, -0.1) is 0 Å². The Bertz CT molecular complexity index is 593. The smallest absolute Gasteiger partial charge is 0.145 e. The summed E-state index contributed by atoms with van der Waals surface area (Å²) in [4.78, 5) is 4.79. The predicted molar refractivity (Wildman–Crippen MR) is 74.0 cm³/mol. The van der Waals surface area contributed by atoms with Crippen LogP contribution in [0.2, 0.25) is 0 Å². The predicted octanol–water partition coefficient (Wildman–Crippen LogP) is 3.09. The summed E-state index contributed by atoms with van der Waals surface area (Å²) < 4.78 is 5.65. The molecule has 2 aromatic rings. The molecule has 1 heterocycles. The average Bonchev–Trinajstić information content (AvgIpc) is 2.40. The molecule has 0 fully saturated rings. The molecule has 1 aliphatic carbocycles. The molecule has 2 N–H and O–H groups in total. The Kier molecular flexibility index (Phi) is 2.82. The van der Waals surface area contributed by atoms with Crippen molar-refractivity contribution in [3.8, 4) is 5.75 Å². The van der Waals surface area contributed by atoms with Gasteiger partial charge < -0.3 is 10.5 Å². The molecular formula is C15H18N2O. The molecule has 0 aliphatic heterocycles. The van der Waals surface area contributed by atoms with Crippen LogP contribution >= 0.6 is 0 Å². The number of nitrogen functional groups attached to an aromatic ring is 1. The van der Waals surface area contributed by atoms with Crippen molar-refractivity contribution in [2.24, 2.45) is 0 Å². The van der Waals surface area contributed by atoms with Crippen molar-refractivity contribution in [2.45, 2.75) is 32.6 Å². The molecule has 94 valence electrons. The summed E-state index contributed by atoms with van der Waals surface area (Å²) in [5.41, 5.74) is 10.5. The maximum atomic E-state index is 6.31. The van der Waals surface area contributed by atoms with Gasteiger partial charge in [-0.3, -0.25) is 0 Å². The number of fused-ring (bicyclic) bond motifs is 2. The monoisotopic (exact) mass is 242 g/mol. The van der Waals surface area contributed by atoms with Gasteiger partial charge in [0.05, 0.1) is 6.61 Å². The van der Waals surface area contributed by atoms with E-state index in [4.69, 9.17) is 15.5 Å². The molecule has 0 saturated heterocycles. The number of anilines is 1. The Morgan fingerprint density at radius 3 is 2.94 bits per heavy atom. The second-order valence-electron chi connectivity index (χ2n) is 4.74. The van der Waals surface area contributed by atoms with Crippen LogP contribution in [0.1, 0.15) is 31.0 Å². The van der Waals surface area contributed by atoms with E-state index in [1.165, 1.54) is 24.1 Å². The number of nitrogens with two attached hydrogens (primary N) is 1. The van der Waals surface area contributed by atoms with Crippen molar-refractivity contribution >= 4 is 16.6 Å². The molecule has 3 heteroatoms. The zero-order chi connectivity index (χ0) is 12.5. The van der Waals surface area contributed by atoms with Gasteiger partial charge >= 0.3 is 0 Å². The van der Waals surface area contributed by atoms with Crippen molar-refractivity contribution in [1.82, 2.24) is 4.98 Å². The third-order valence-corrected chi connectivity index (χ3v) is 3.60. The van der Waals surface area contributed by atoms with Crippen LogP contribution in [0.15, 0.2) is 18.2 Å². The summed E-state index contributed by atoms with van der Waals surface area (Å²) in [5.74, 6) is 0.843. The van der Waals surface area contributed by atoms with E-state index in [0.29, 0.717) is 6.61 Å². The number of rotatable bonds is 2. The molecule has 3 nitrogen and oxygen atoms in total. The van der Waals surface area contributed by atoms with Gasteiger partial charge in [0.15, 0.2) is 0 Å². The number of nitrogens with zero attached hydrogens (tertiary/aromatic N) is 1. The number of para-hydroxylation sites is 1. The summed E-state index contributed by atoms with van der Waals surface area (Å²) in [6.07, 6.45) is 4.52. The van der Waals surface area contributed by atoms with E-state index in [-0.39, 0.29) is 0 Å². The van der Waals surface area contributed by atoms with Crippen LogP contribution in [0, 0.1) is 0 Å². The Hall–Kier alpha value is -1.77. The van der Waals surface area contributed by atoms with Crippen LogP contribution < -0.4 is 10.5 Å². The number of ether oxygens (including phenoxy) is 1. The van der Waals surface area contributed by atoms with E-state index < -0.39 is 0 Å². The number of aromatic nitrogens is 1. The first-order valence-electron chi connectivity index (χ1n) is 6.64. The number of benzene rings is 1. The van der Waals surface area contributed by atoms with Crippen LogP contribution in [0.5, 0.6) is 5.75 Å². The lowest BCUT2D eigenvalue weighted by atomic mass is 9.93. The van der Waals surface area contributed by atoms with Crippen molar-refractivity contribution in [2.75, 3.05) is 12.3 Å². The van der Waals surface area contributed by atoms with Gasteiger partial charge in [0.1, 0.15) is 11.3 Å². The van der Waals surface area contributed by atoms with Crippen molar-refractivity contribution in [3.05, 3.63) is 29.5 Å². The number of aryl methyl sites for hydroxylation is 1. The highest BCUT2D eigenvalue weighted by molar-refractivity contribution is 5.95. The summed E-state index contributed by atoms with van der Waals surface area (Å²) >= 11 is 0. The fourth-order valence-electron chi connectivity index (χ4n) is 2.73. The summed E-state index contributed by atoms with van der Waals surface area (Å²) in [6, 6.07) is 5.99. The van der Waals surface area contributed by atoms with Gasteiger partial charge in [-0.2, -0.15) is 0 Å². The molecule has 1 aliphatic rings. The van der Waals surface area contributed by atoms with E-state index in [1.54, 1.807) is 0 Å². The highest BCUT2D eigenvalue weighted by Gasteiger charge is 2.17. The minimum absolute atomic E-state index is 0.651. The lowest BCUT2D eigenvalue weighted by molar-refractivity contribution is 0.343. The summed E-state index contributed by atoms with van der Waals surface area (Å²) in [7, 11) is 0. The zero-order valence-corrected chi connectivity index (χ0v) is 10.7. The number of pyridine rings is 1. The van der Waals surface area contributed by atoms with Gasteiger partial charge in [0.25, 0.3) is 0 Å². The molecule has 18 heavy (non-hydrogen) atoms. The molecule has 0 bridgehead atoms. The molecule has 0 saturated carbocycles. The normalized spacial score (nSPS) is 14.5. The van der Waals surface area contributed by atoms with Crippen molar-refractivity contribution in [1.29, 1.82) is 0 Å². The maximum Gasteiger partial charge on any atom is 0.145 e. The van der Waals surface area contributed by atoms with E-state index >= 15 is 0 Å². The lowest BCUT2D eigenvalue weighted by Crippen LogP contribution is -2.10. The van der Waals surface area contributed by atoms with E-state index in [0.717, 1.165) is 35.2 Å². The fraction of sp³-hybridized carbons (Fsp3) is 0.400. The fourth-order valence-corrected chi connectivity index (χ4v) is 2.73. The van der Waals surface area contributed by atoms with Gasteiger partial charge in [-0.1, -0.05) is 12.1 Å². The minimum Gasteiger partial charge on any atom is -0.492 e. The first-order valence-corrected chi connectivity index (χ1v) is 6.64. The molecule has 0 amide bonds. The van der Waals surface area contributed by atoms with E-state index in [1.807, 2.05) is 25.1 Å².